The van der Waals surface area contributed by atoms with Crippen molar-refractivity contribution in [3.8, 4) is 17.1 Å². The van der Waals surface area contributed by atoms with Crippen LogP contribution in [0.25, 0.3) is 49.9 Å². The SMILES string of the molecule is Cn1c2ccccc2c2c(C3CCCCC3)c(-n3c4[n+](c5ccccc53)Cc3ccccc3-4)c(C3CCCCC3)cc21. The van der Waals surface area contributed by atoms with E-state index in [-0.39, 0.29) is 0 Å². The number of aryl methyl sites for hydroxylation is 1. The number of imidazole rings is 1. The van der Waals surface area contributed by atoms with Crippen LogP contribution in [0.1, 0.15) is 92.7 Å². The van der Waals surface area contributed by atoms with Crippen molar-refractivity contribution in [3.63, 3.8) is 0 Å². The molecule has 3 heterocycles. The molecule has 210 valence electrons. The van der Waals surface area contributed by atoms with Gasteiger partial charge in [0.15, 0.2) is 11.0 Å². The number of benzene rings is 4. The van der Waals surface area contributed by atoms with Crippen molar-refractivity contribution >= 4 is 32.8 Å². The topological polar surface area (TPSA) is 13.7 Å². The first-order chi connectivity index (χ1) is 20.8. The first-order valence-corrected chi connectivity index (χ1v) is 16.5. The highest BCUT2D eigenvalue weighted by Crippen LogP contribution is 2.49. The van der Waals surface area contributed by atoms with Gasteiger partial charge in [-0.3, -0.25) is 0 Å². The number of aromatic nitrogens is 3. The van der Waals surface area contributed by atoms with Crippen molar-refractivity contribution in [3.05, 3.63) is 95.6 Å². The molecule has 3 aliphatic rings. The minimum Gasteiger partial charge on any atom is -0.344 e. The Kier molecular flexibility index (Phi) is 5.64. The standard InChI is InChI=1S/C39H40N3/c1-40-32-21-11-10-20-30(32)37-35(40)24-31(26-14-4-2-5-15-26)38(36(37)27-16-6-3-7-17-27)42-34-23-13-12-22-33(34)41-25-28-18-8-9-19-29(28)39(41)42/h8-13,18-24,26-27H,2-7,14-17,25H2,1H3/q+1. The van der Waals surface area contributed by atoms with E-state index in [9.17, 15) is 0 Å². The molecule has 2 aliphatic carbocycles. The van der Waals surface area contributed by atoms with E-state index in [1.165, 1.54) is 120 Å². The lowest BCUT2D eigenvalue weighted by molar-refractivity contribution is -0.645. The molecule has 3 nitrogen and oxygen atoms in total. The van der Waals surface area contributed by atoms with Gasteiger partial charge in [0.1, 0.15) is 12.2 Å². The van der Waals surface area contributed by atoms with Gasteiger partial charge >= 0.3 is 0 Å². The summed E-state index contributed by atoms with van der Waals surface area (Å²) >= 11 is 0. The minimum absolute atomic E-state index is 0.587. The fourth-order valence-corrected chi connectivity index (χ4v) is 9.05. The molecule has 1 aliphatic heterocycles. The molecule has 2 saturated carbocycles. The average Bonchev–Trinajstić information content (AvgIpc) is 3.68. The number of fused-ring (bicyclic) bond motifs is 8. The zero-order chi connectivity index (χ0) is 27.8. The summed E-state index contributed by atoms with van der Waals surface area (Å²) in [5, 5.41) is 2.94. The number of nitrogens with zero attached hydrogens (tertiary/aromatic N) is 3. The summed E-state index contributed by atoms with van der Waals surface area (Å²) in [7, 11) is 2.30. The summed E-state index contributed by atoms with van der Waals surface area (Å²) in [4.78, 5) is 0. The van der Waals surface area contributed by atoms with E-state index in [0.29, 0.717) is 11.8 Å². The monoisotopic (exact) mass is 550 g/mol. The van der Waals surface area contributed by atoms with Crippen molar-refractivity contribution in [2.75, 3.05) is 0 Å². The zero-order valence-electron chi connectivity index (χ0n) is 24.8. The molecule has 0 N–H and O–H groups in total. The average molecular weight is 551 g/mol. The molecule has 3 heteroatoms. The van der Waals surface area contributed by atoms with Crippen LogP contribution in [-0.4, -0.2) is 9.13 Å². The molecular formula is C39H40N3+. The van der Waals surface area contributed by atoms with Crippen LogP contribution in [0.3, 0.4) is 0 Å². The number of para-hydroxylation sites is 3. The first kappa shape index (κ1) is 24.7. The lowest BCUT2D eigenvalue weighted by Gasteiger charge is -2.29. The highest BCUT2D eigenvalue weighted by Gasteiger charge is 2.39. The van der Waals surface area contributed by atoms with E-state index in [4.69, 9.17) is 0 Å². The molecule has 0 bridgehead atoms. The van der Waals surface area contributed by atoms with Crippen molar-refractivity contribution in [1.29, 1.82) is 0 Å². The van der Waals surface area contributed by atoms with Gasteiger partial charge in [0, 0.05) is 45.5 Å². The molecule has 4 aromatic carbocycles. The van der Waals surface area contributed by atoms with Gasteiger partial charge in [-0.2, -0.15) is 4.57 Å². The van der Waals surface area contributed by atoms with Crippen molar-refractivity contribution < 1.29 is 4.57 Å². The van der Waals surface area contributed by atoms with E-state index in [1.807, 2.05) is 0 Å². The predicted molar refractivity (Wildman–Crippen MR) is 174 cm³/mol. The van der Waals surface area contributed by atoms with Crippen LogP contribution in [0.5, 0.6) is 0 Å². The van der Waals surface area contributed by atoms with E-state index < -0.39 is 0 Å². The third-order valence-electron chi connectivity index (χ3n) is 11.0. The van der Waals surface area contributed by atoms with Crippen LogP contribution in [-0.2, 0) is 13.6 Å². The fourth-order valence-electron chi connectivity index (χ4n) is 9.05. The number of hydrogen-bond acceptors (Lipinski definition) is 0. The van der Waals surface area contributed by atoms with Gasteiger partial charge in [-0.1, -0.05) is 87.1 Å². The maximum Gasteiger partial charge on any atom is 0.295 e. The van der Waals surface area contributed by atoms with Gasteiger partial charge in [0.25, 0.3) is 5.82 Å². The molecule has 0 atom stereocenters. The highest BCUT2D eigenvalue weighted by molar-refractivity contribution is 6.11. The van der Waals surface area contributed by atoms with Crippen LogP contribution in [0.2, 0.25) is 0 Å². The van der Waals surface area contributed by atoms with Crippen molar-refractivity contribution in [1.82, 2.24) is 9.13 Å². The second-order valence-corrected chi connectivity index (χ2v) is 13.3. The predicted octanol–water partition coefficient (Wildman–Crippen LogP) is 9.69. The molecule has 6 aromatic rings. The summed E-state index contributed by atoms with van der Waals surface area (Å²) in [6, 6.07) is 30.1. The lowest BCUT2D eigenvalue weighted by atomic mass is 9.76. The third kappa shape index (κ3) is 3.49. The van der Waals surface area contributed by atoms with E-state index in [1.54, 1.807) is 11.1 Å². The minimum atomic E-state index is 0.587. The molecule has 0 amide bonds. The molecule has 0 unspecified atom stereocenters. The Bertz CT molecular complexity index is 1990. The smallest absolute Gasteiger partial charge is 0.295 e. The maximum atomic E-state index is 2.75. The van der Waals surface area contributed by atoms with Crippen molar-refractivity contribution in [2.45, 2.75) is 82.6 Å². The van der Waals surface area contributed by atoms with E-state index in [0.717, 1.165) is 6.54 Å². The molecule has 0 saturated heterocycles. The normalized spacial score (nSPS) is 17.8. The molecule has 2 fully saturated rings. The molecular weight excluding hydrogens is 510 g/mol. The Morgan fingerprint density at radius 1 is 0.667 bits per heavy atom. The summed E-state index contributed by atoms with van der Waals surface area (Å²) in [6.45, 7) is 0.951. The second-order valence-electron chi connectivity index (χ2n) is 13.3. The Morgan fingerprint density at radius 2 is 1.33 bits per heavy atom. The largest absolute Gasteiger partial charge is 0.344 e. The Hall–Kier alpha value is -3.85. The molecule has 2 aromatic heterocycles. The number of hydrogen-bond donors (Lipinski definition) is 0. The summed E-state index contributed by atoms with van der Waals surface area (Å²) in [6.07, 6.45) is 13.3. The quantitative estimate of drug-likeness (QED) is 0.194. The summed E-state index contributed by atoms with van der Waals surface area (Å²) in [5.74, 6) is 2.57. The second kappa shape index (κ2) is 9.59. The van der Waals surface area contributed by atoms with Crippen LogP contribution in [0.15, 0.2) is 78.9 Å². The van der Waals surface area contributed by atoms with Crippen LogP contribution >= 0.6 is 0 Å². The van der Waals surface area contributed by atoms with Crippen molar-refractivity contribution in [2.24, 2.45) is 7.05 Å². The van der Waals surface area contributed by atoms with Gasteiger partial charge in [-0.15, -0.1) is 0 Å². The lowest BCUT2D eigenvalue weighted by Crippen LogP contribution is -2.31. The zero-order valence-corrected chi connectivity index (χ0v) is 24.8. The fraction of sp³-hybridized carbons (Fsp3) is 0.359. The third-order valence-corrected chi connectivity index (χ3v) is 11.0. The molecule has 9 rings (SSSR count). The van der Waals surface area contributed by atoms with Gasteiger partial charge < -0.3 is 4.57 Å². The molecule has 0 spiro atoms. The van der Waals surface area contributed by atoms with Crippen LogP contribution in [0.4, 0.5) is 0 Å². The van der Waals surface area contributed by atoms with Crippen LogP contribution < -0.4 is 4.57 Å². The van der Waals surface area contributed by atoms with Gasteiger partial charge in [0.05, 0.1) is 5.56 Å². The molecule has 42 heavy (non-hydrogen) atoms. The summed E-state index contributed by atoms with van der Waals surface area (Å²) in [5.41, 5.74) is 13.1. The summed E-state index contributed by atoms with van der Waals surface area (Å²) < 4.78 is 7.84. The highest BCUT2D eigenvalue weighted by atomic mass is 15.2. The van der Waals surface area contributed by atoms with Gasteiger partial charge in [0.2, 0.25) is 0 Å². The Morgan fingerprint density at radius 3 is 2.14 bits per heavy atom. The van der Waals surface area contributed by atoms with E-state index >= 15 is 0 Å². The van der Waals surface area contributed by atoms with E-state index in [2.05, 4.69) is 99.6 Å². The Balaban J connectivity index is 1.49. The van der Waals surface area contributed by atoms with Gasteiger partial charge in [-0.05, 0) is 67.9 Å². The molecule has 0 radical (unpaired) electrons. The first-order valence-electron chi connectivity index (χ1n) is 16.5. The van der Waals surface area contributed by atoms with Crippen LogP contribution in [0, 0.1) is 0 Å². The maximum absolute atomic E-state index is 2.75. The number of rotatable bonds is 3. The van der Waals surface area contributed by atoms with Gasteiger partial charge in [-0.25, -0.2) is 4.57 Å². The Labute approximate surface area is 248 Å².